The maximum absolute atomic E-state index is 13.8. The summed E-state index contributed by atoms with van der Waals surface area (Å²) in [5.74, 6) is 1.73. The summed E-state index contributed by atoms with van der Waals surface area (Å²) >= 11 is 0. The largest absolute Gasteiger partial charge is 0.495 e. The van der Waals surface area contributed by atoms with Gasteiger partial charge in [0, 0.05) is 55.7 Å². The van der Waals surface area contributed by atoms with Gasteiger partial charge in [0.2, 0.25) is 5.95 Å². The molecule has 1 fully saturated rings. The number of ether oxygens (including phenoxy) is 1. The Hall–Kier alpha value is -5.03. The Balaban J connectivity index is 1.29. The molecule has 1 aliphatic rings. The third-order valence-corrected chi connectivity index (χ3v) is 7.32. The lowest BCUT2D eigenvalue weighted by Gasteiger charge is -2.34. The average molecular weight is 534 g/mol. The first-order chi connectivity index (χ1) is 19.6. The summed E-state index contributed by atoms with van der Waals surface area (Å²) in [5, 5.41) is 4.39. The van der Waals surface area contributed by atoms with Crippen molar-refractivity contribution in [1.82, 2.24) is 34.0 Å². The van der Waals surface area contributed by atoms with E-state index in [1.54, 1.807) is 18.0 Å². The number of methoxy groups -OCH3 is 1. The first-order valence-corrected chi connectivity index (χ1v) is 13.1. The highest BCUT2D eigenvalue weighted by atomic mass is 16.5. The SMILES string of the molecule is COc1cc(Nc2ncc3c(=O)n4c(nc3n2)c2ccccc2n4-c2ccccn2)ccc1N1CCN(C)CC1. The molecule has 0 aliphatic carbocycles. The molecule has 11 nitrogen and oxygen atoms in total. The lowest BCUT2D eigenvalue weighted by Crippen LogP contribution is -2.44. The van der Waals surface area contributed by atoms with E-state index in [1.165, 1.54) is 10.7 Å². The van der Waals surface area contributed by atoms with E-state index < -0.39 is 0 Å². The van der Waals surface area contributed by atoms with E-state index in [4.69, 9.17) is 9.72 Å². The molecule has 0 saturated carbocycles. The number of benzene rings is 2. The molecular weight excluding hydrogens is 506 g/mol. The lowest BCUT2D eigenvalue weighted by atomic mass is 10.2. The van der Waals surface area contributed by atoms with Gasteiger partial charge in [-0.15, -0.1) is 0 Å². The maximum atomic E-state index is 13.8. The zero-order valence-electron chi connectivity index (χ0n) is 22.2. The second-order valence-electron chi connectivity index (χ2n) is 9.80. The second-order valence-corrected chi connectivity index (χ2v) is 9.80. The average Bonchev–Trinajstić information content (AvgIpc) is 3.32. The molecule has 0 amide bonds. The van der Waals surface area contributed by atoms with Crippen LogP contribution in [0.4, 0.5) is 17.3 Å². The first kappa shape index (κ1) is 24.0. The van der Waals surface area contributed by atoms with Crippen LogP contribution >= 0.6 is 0 Å². The van der Waals surface area contributed by atoms with Crippen LogP contribution < -0.4 is 20.5 Å². The smallest absolute Gasteiger partial charge is 0.284 e. The first-order valence-electron chi connectivity index (χ1n) is 13.1. The number of piperazine rings is 1. The minimum absolute atomic E-state index is 0.272. The number of nitrogens with one attached hydrogen (secondary N) is 1. The van der Waals surface area contributed by atoms with Gasteiger partial charge in [-0.25, -0.2) is 19.6 Å². The van der Waals surface area contributed by atoms with Crippen LogP contribution in [0.3, 0.4) is 0 Å². The predicted octanol–water partition coefficient (Wildman–Crippen LogP) is 3.48. The number of rotatable bonds is 5. The van der Waals surface area contributed by atoms with Gasteiger partial charge in [0.05, 0.1) is 18.3 Å². The molecule has 200 valence electrons. The van der Waals surface area contributed by atoms with Gasteiger partial charge in [0.1, 0.15) is 11.1 Å². The molecule has 6 aromatic rings. The molecule has 40 heavy (non-hydrogen) atoms. The number of aromatic nitrogens is 6. The normalized spacial score (nSPS) is 14.3. The Labute approximate surface area is 229 Å². The van der Waals surface area contributed by atoms with Crippen LogP contribution in [0.5, 0.6) is 5.75 Å². The minimum Gasteiger partial charge on any atom is -0.495 e. The van der Waals surface area contributed by atoms with Gasteiger partial charge in [-0.2, -0.15) is 9.50 Å². The summed E-state index contributed by atoms with van der Waals surface area (Å²) in [4.78, 5) is 36.8. The van der Waals surface area contributed by atoms with Gasteiger partial charge in [-0.05, 0) is 43.4 Å². The van der Waals surface area contributed by atoms with Gasteiger partial charge in [0.25, 0.3) is 5.56 Å². The number of hydrogen-bond donors (Lipinski definition) is 1. The molecule has 7 rings (SSSR count). The van der Waals surface area contributed by atoms with Crippen LogP contribution in [0, 0.1) is 0 Å². The molecule has 0 unspecified atom stereocenters. The molecule has 0 radical (unpaired) electrons. The Bertz CT molecular complexity index is 1930. The van der Waals surface area contributed by atoms with Crippen LogP contribution in [0.2, 0.25) is 0 Å². The topological polar surface area (TPSA) is 106 Å². The van der Waals surface area contributed by atoms with Crippen molar-refractivity contribution in [3.05, 3.63) is 83.4 Å². The Morgan fingerprint density at radius 3 is 2.52 bits per heavy atom. The summed E-state index contributed by atoms with van der Waals surface area (Å²) in [6, 6.07) is 19.3. The number of nitrogens with zero attached hydrogens (tertiary/aromatic N) is 8. The fraction of sp³-hybridized carbons (Fsp3) is 0.207. The summed E-state index contributed by atoms with van der Waals surface area (Å²) in [6.45, 7) is 3.91. The fourth-order valence-corrected chi connectivity index (χ4v) is 5.24. The van der Waals surface area contributed by atoms with Gasteiger partial charge >= 0.3 is 0 Å². The Kier molecular flexibility index (Phi) is 5.78. The second kappa shape index (κ2) is 9.62. The van der Waals surface area contributed by atoms with Crippen molar-refractivity contribution in [2.75, 3.05) is 50.6 Å². The number of fused-ring (bicyclic) bond motifs is 4. The van der Waals surface area contributed by atoms with Crippen molar-refractivity contribution in [2.24, 2.45) is 0 Å². The van der Waals surface area contributed by atoms with Crippen molar-refractivity contribution in [2.45, 2.75) is 0 Å². The molecule has 1 N–H and O–H groups in total. The number of hydrogen-bond acceptors (Lipinski definition) is 9. The summed E-state index contributed by atoms with van der Waals surface area (Å²) in [6.07, 6.45) is 3.21. The molecule has 0 bridgehead atoms. The van der Waals surface area contributed by atoms with E-state index in [0.717, 1.165) is 54.2 Å². The highest BCUT2D eigenvalue weighted by Gasteiger charge is 2.20. The number of pyridine rings is 1. The van der Waals surface area contributed by atoms with Gasteiger partial charge in [0.15, 0.2) is 17.1 Å². The van der Waals surface area contributed by atoms with Crippen LogP contribution in [-0.2, 0) is 0 Å². The van der Waals surface area contributed by atoms with Gasteiger partial charge < -0.3 is 19.9 Å². The van der Waals surface area contributed by atoms with Crippen LogP contribution in [0.1, 0.15) is 0 Å². The van der Waals surface area contributed by atoms with Crippen LogP contribution in [-0.4, -0.2) is 74.4 Å². The third-order valence-electron chi connectivity index (χ3n) is 7.32. The minimum atomic E-state index is -0.272. The highest BCUT2D eigenvalue weighted by Crippen LogP contribution is 2.33. The molecule has 5 heterocycles. The van der Waals surface area contributed by atoms with E-state index in [9.17, 15) is 4.79 Å². The van der Waals surface area contributed by atoms with E-state index >= 15 is 0 Å². The molecule has 2 aromatic carbocycles. The Morgan fingerprint density at radius 1 is 0.900 bits per heavy atom. The summed E-state index contributed by atoms with van der Waals surface area (Å²) < 4.78 is 9.03. The van der Waals surface area contributed by atoms with E-state index in [0.29, 0.717) is 28.4 Å². The molecule has 11 heteroatoms. The number of para-hydroxylation sites is 1. The van der Waals surface area contributed by atoms with E-state index in [1.807, 2.05) is 60.7 Å². The standard InChI is InChI=1S/C29H27N9O2/c1-35-13-15-36(16-14-35)23-11-10-19(17-24(23)40-2)32-29-31-18-21-26(34-29)33-27-20-7-3-4-8-22(20)37(38(27)28(21)39)25-9-5-6-12-30-25/h3-12,17-18H,13-16H2,1-2H3,(H,31,32,34). The van der Waals surface area contributed by atoms with E-state index in [2.05, 4.69) is 37.1 Å². The third kappa shape index (κ3) is 3.98. The van der Waals surface area contributed by atoms with Gasteiger partial charge in [-0.1, -0.05) is 18.2 Å². The number of likely N-dealkylation sites (N-methyl/N-ethyl adjacent to an activating group) is 1. The van der Waals surface area contributed by atoms with Crippen LogP contribution in [0.25, 0.3) is 33.4 Å². The quantitative estimate of drug-likeness (QED) is 0.357. The predicted molar refractivity (Wildman–Crippen MR) is 155 cm³/mol. The fourth-order valence-electron chi connectivity index (χ4n) is 5.24. The molecular formula is C29H27N9O2. The van der Waals surface area contributed by atoms with E-state index in [-0.39, 0.29) is 5.56 Å². The monoisotopic (exact) mass is 533 g/mol. The molecule has 1 aliphatic heterocycles. The van der Waals surface area contributed by atoms with Crippen LogP contribution in [0.15, 0.2) is 77.9 Å². The van der Waals surface area contributed by atoms with Crippen molar-refractivity contribution in [1.29, 1.82) is 0 Å². The highest BCUT2D eigenvalue weighted by molar-refractivity contribution is 5.95. The summed E-state index contributed by atoms with van der Waals surface area (Å²) in [7, 11) is 3.81. The van der Waals surface area contributed by atoms with Crippen molar-refractivity contribution < 1.29 is 4.74 Å². The van der Waals surface area contributed by atoms with Crippen molar-refractivity contribution in [3.63, 3.8) is 0 Å². The zero-order chi connectivity index (χ0) is 27.2. The molecule has 4 aromatic heterocycles. The van der Waals surface area contributed by atoms with Crippen molar-refractivity contribution in [3.8, 4) is 11.6 Å². The molecule has 1 saturated heterocycles. The zero-order valence-corrected chi connectivity index (χ0v) is 22.2. The number of anilines is 3. The van der Waals surface area contributed by atoms with Gasteiger partial charge in [-0.3, -0.25) is 4.79 Å². The molecule has 0 atom stereocenters. The van der Waals surface area contributed by atoms with Crippen molar-refractivity contribution >= 4 is 44.9 Å². The maximum Gasteiger partial charge on any atom is 0.284 e. The summed E-state index contributed by atoms with van der Waals surface area (Å²) in [5.41, 5.74) is 3.20. The Morgan fingerprint density at radius 2 is 1.73 bits per heavy atom. The lowest BCUT2D eigenvalue weighted by molar-refractivity contribution is 0.311. The molecule has 0 spiro atoms.